The Morgan fingerprint density at radius 1 is 1.57 bits per heavy atom. The van der Waals surface area contributed by atoms with Gasteiger partial charge in [0.15, 0.2) is 10.0 Å². The minimum Gasteiger partial charge on any atom is -0.409 e. The van der Waals surface area contributed by atoms with Crippen LogP contribution in [0.4, 0.5) is 0 Å². The molecule has 1 fully saturated rings. The molecule has 0 unspecified atom stereocenters. The first-order valence-corrected chi connectivity index (χ1v) is 9.03. The molecule has 0 amide bonds. The number of thiazole rings is 1. The Labute approximate surface area is 128 Å². The summed E-state index contributed by atoms with van der Waals surface area (Å²) in [4.78, 5) is 3.96. The van der Waals surface area contributed by atoms with Crippen LogP contribution in [-0.4, -0.2) is 30.0 Å². The number of amidine groups is 1. The van der Waals surface area contributed by atoms with E-state index >= 15 is 0 Å². The van der Waals surface area contributed by atoms with E-state index in [0.717, 1.165) is 24.2 Å². The Morgan fingerprint density at radius 3 is 2.67 bits per heavy atom. The van der Waals surface area contributed by atoms with E-state index in [1.807, 2.05) is 0 Å². The van der Waals surface area contributed by atoms with Crippen LogP contribution in [-0.2, 0) is 10.0 Å². The van der Waals surface area contributed by atoms with Crippen molar-refractivity contribution >= 4 is 27.2 Å². The summed E-state index contributed by atoms with van der Waals surface area (Å²) in [5.74, 6) is 0.416. The molecule has 0 aromatic carbocycles. The molecule has 1 saturated carbocycles. The maximum atomic E-state index is 12.5. The number of aryl methyl sites for hydroxylation is 1. The lowest BCUT2D eigenvalue weighted by molar-refractivity contribution is 0.267. The van der Waals surface area contributed by atoms with E-state index in [1.165, 1.54) is 6.20 Å². The van der Waals surface area contributed by atoms with E-state index in [1.54, 1.807) is 6.92 Å². The smallest absolute Gasteiger partial charge is 0.252 e. The van der Waals surface area contributed by atoms with Gasteiger partial charge < -0.3 is 10.9 Å². The average Bonchev–Trinajstić information content (AvgIpc) is 2.88. The summed E-state index contributed by atoms with van der Waals surface area (Å²) < 4.78 is 27.8. The van der Waals surface area contributed by atoms with Crippen LogP contribution in [0, 0.1) is 12.8 Å². The van der Waals surface area contributed by atoms with Crippen molar-refractivity contribution in [2.24, 2.45) is 16.8 Å². The highest BCUT2D eigenvalue weighted by Gasteiger charge is 2.42. The third-order valence-electron chi connectivity index (χ3n) is 3.92. The molecule has 0 spiro atoms. The number of nitrogens with one attached hydrogen (secondary N) is 1. The highest BCUT2D eigenvalue weighted by atomic mass is 32.2. The third kappa shape index (κ3) is 3.35. The van der Waals surface area contributed by atoms with Gasteiger partial charge in [0, 0.05) is 0 Å². The molecule has 118 valence electrons. The first-order valence-electron chi connectivity index (χ1n) is 6.73. The predicted octanol–water partition coefficient (Wildman–Crippen LogP) is 1.43. The van der Waals surface area contributed by atoms with Gasteiger partial charge in [-0.2, -0.15) is 4.72 Å². The number of sulfonamides is 1. The van der Waals surface area contributed by atoms with Crippen molar-refractivity contribution in [2.75, 3.05) is 0 Å². The fraction of sp³-hybridized carbons (Fsp3) is 0.667. The average molecular weight is 332 g/mol. The van der Waals surface area contributed by atoms with Gasteiger partial charge in [0.25, 0.3) is 10.0 Å². The molecule has 0 radical (unpaired) electrons. The van der Waals surface area contributed by atoms with Crippen LogP contribution in [0.1, 0.15) is 37.6 Å². The molecule has 1 aromatic rings. The van der Waals surface area contributed by atoms with Gasteiger partial charge in [-0.25, -0.2) is 13.4 Å². The molecule has 0 bridgehead atoms. The molecule has 0 saturated heterocycles. The number of hydrogen-bond acceptors (Lipinski definition) is 6. The first-order chi connectivity index (χ1) is 9.79. The number of nitrogens with two attached hydrogens (primary N) is 1. The summed E-state index contributed by atoms with van der Waals surface area (Å²) in [6.45, 7) is 3.85. The number of nitrogens with zero attached hydrogens (tertiary/aromatic N) is 2. The molecular weight excluding hydrogens is 312 g/mol. The van der Waals surface area contributed by atoms with Gasteiger partial charge in [0.1, 0.15) is 0 Å². The van der Waals surface area contributed by atoms with Crippen LogP contribution in [0.3, 0.4) is 0 Å². The first kappa shape index (κ1) is 16.2. The second-order valence-electron chi connectivity index (χ2n) is 5.55. The number of aromatic nitrogens is 1. The van der Waals surface area contributed by atoms with Crippen molar-refractivity contribution in [3.63, 3.8) is 0 Å². The van der Waals surface area contributed by atoms with Crippen LogP contribution >= 0.6 is 11.3 Å². The predicted molar refractivity (Wildman–Crippen MR) is 80.9 cm³/mol. The van der Waals surface area contributed by atoms with E-state index in [9.17, 15) is 8.42 Å². The van der Waals surface area contributed by atoms with Crippen LogP contribution < -0.4 is 10.5 Å². The number of hydrogen-bond donors (Lipinski definition) is 3. The van der Waals surface area contributed by atoms with Gasteiger partial charge in [-0.3, -0.25) is 0 Å². The molecule has 0 atom stereocenters. The summed E-state index contributed by atoms with van der Waals surface area (Å²) in [6, 6.07) is 0. The van der Waals surface area contributed by atoms with E-state index < -0.39 is 15.6 Å². The Bertz CT molecular complexity index is 631. The summed E-state index contributed by atoms with van der Waals surface area (Å²) in [7, 11) is -3.74. The zero-order valence-corrected chi connectivity index (χ0v) is 13.7. The monoisotopic (exact) mass is 332 g/mol. The summed E-state index contributed by atoms with van der Waals surface area (Å²) in [5, 5.41) is 12.7. The number of oxime groups is 1. The zero-order valence-electron chi connectivity index (χ0n) is 12.0. The molecule has 1 heterocycles. The lowest BCUT2D eigenvalue weighted by Crippen LogP contribution is -2.58. The maximum absolute atomic E-state index is 12.5. The topological polar surface area (TPSA) is 118 Å². The molecule has 0 aliphatic heterocycles. The van der Waals surface area contributed by atoms with Crippen molar-refractivity contribution in [1.82, 2.24) is 9.71 Å². The fourth-order valence-corrected chi connectivity index (χ4v) is 5.08. The zero-order chi connectivity index (χ0) is 15.7. The quantitative estimate of drug-likeness (QED) is 0.333. The molecule has 1 aliphatic carbocycles. The largest absolute Gasteiger partial charge is 0.409 e. The van der Waals surface area contributed by atoms with Crippen LogP contribution in [0.5, 0.6) is 0 Å². The minimum atomic E-state index is -3.74. The van der Waals surface area contributed by atoms with E-state index in [4.69, 9.17) is 10.9 Å². The van der Waals surface area contributed by atoms with Gasteiger partial charge >= 0.3 is 0 Å². The Hall–Kier alpha value is -1.19. The second-order valence-corrected chi connectivity index (χ2v) is 8.70. The normalized spacial score (nSPS) is 27.7. The van der Waals surface area contributed by atoms with E-state index in [0.29, 0.717) is 23.8 Å². The second kappa shape index (κ2) is 5.90. The standard InChI is InChI=1S/C12H20N4O3S2/c1-8-3-5-12(6-4-8,11(13)15-17)16-21(18,19)10-7-14-9(2)20-10/h7-8,16-17H,3-6H2,1-2H3,(H2,13,15). The lowest BCUT2D eigenvalue weighted by Gasteiger charge is -2.38. The Morgan fingerprint density at radius 2 is 2.19 bits per heavy atom. The highest BCUT2D eigenvalue weighted by molar-refractivity contribution is 7.91. The van der Waals surface area contributed by atoms with Gasteiger partial charge in [-0.1, -0.05) is 12.1 Å². The van der Waals surface area contributed by atoms with Crippen molar-refractivity contribution in [3.8, 4) is 0 Å². The molecule has 9 heteroatoms. The van der Waals surface area contributed by atoms with Crippen LogP contribution in [0.15, 0.2) is 15.6 Å². The molecule has 21 heavy (non-hydrogen) atoms. The third-order valence-corrected chi connectivity index (χ3v) is 6.83. The maximum Gasteiger partial charge on any atom is 0.252 e. The van der Waals surface area contributed by atoms with Gasteiger partial charge in [0.05, 0.1) is 16.7 Å². The SMILES string of the molecule is Cc1ncc(S(=O)(=O)NC2(C(N)=NO)CCC(C)CC2)s1. The summed E-state index contributed by atoms with van der Waals surface area (Å²) in [5.41, 5.74) is 4.76. The van der Waals surface area contributed by atoms with Crippen LogP contribution in [0.2, 0.25) is 0 Å². The minimum absolute atomic E-state index is 0.0841. The van der Waals surface area contributed by atoms with Crippen LogP contribution in [0.25, 0.3) is 0 Å². The van der Waals surface area contributed by atoms with Crippen molar-refractivity contribution in [1.29, 1.82) is 0 Å². The van der Waals surface area contributed by atoms with E-state index in [2.05, 4.69) is 21.8 Å². The summed E-state index contributed by atoms with van der Waals surface area (Å²) in [6.07, 6.45) is 4.00. The molecule has 1 aromatic heterocycles. The molecule has 2 rings (SSSR count). The summed E-state index contributed by atoms with van der Waals surface area (Å²) >= 11 is 1.10. The molecule has 1 aliphatic rings. The van der Waals surface area contributed by atoms with Crippen molar-refractivity contribution in [3.05, 3.63) is 11.2 Å². The molecule has 4 N–H and O–H groups in total. The molecule has 7 nitrogen and oxygen atoms in total. The number of rotatable bonds is 4. The van der Waals surface area contributed by atoms with E-state index in [-0.39, 0.29) is 10.0 Å². The molecular formula is C12H20N4O3S2. The Balaban J connectivity index is 2.31. The Kier molecular flexibility index (Phi) is 4.54. The fourth-order valence-electron chi connectivity index (χ4n) is 2.53. The highest BCUT2D eigenvalue weighted by Crippen LogP contribution is 2.34. The van der Waals surface area contributed by atoms with Gasteiger partial charge in [0.2, 0.25) is 0 Å². The van der Waals surface area contributed by atoms with Gasteiger partial charge in [-0.15, -0.1) is 11.3 Å². The lowest BCUT2D eigenvalue weighted by atomic mass is 9.77. The van der Waals surface area contributed by atoms with Crippen molar-refractivity contribution in [2.45, 2.75) is 49.3 Å². The van der Waals surface area contributed by atoms with Gasteiger partial charge in [-0.05, 0) is 38.5 Å². The van der Waals surface area contributed by atoms with Crippen molar-refractivity contribution < 1.29 is 13.6 Å².